The van der Waals surface area contributed by atoms with Crippen LogP contribution in [-0.4, -0.2) is 12.6 Å². The summed E-state index contributed by atoms with van der Waals surface area (Å²) >= 11 is 0. The molecule has 0 fully saturated rings. The summed E-state index contributed by atoms with van der Waals surface area (Å²) in [6.07, 6.45) is 3.60. The highest BCUT2D eigenvalue weighted by atomic mass is 16.5. The van der Waals surface area contributed by atoms with Crippen LogP contribution in [0.1, 0.15) is 34.6 Å². The molecule has 0 atom stereocenters. The topological polar surface area (TPSA) is 26.3 Å². The number of allylic oxidation sites excluding steroid dienone is 1. The number of carbonyl (C=O) groups is 1. The summed E-state index contributed by atoms with van der Waals surface area (Å²) in [6.45, 7) is 19.7. The average molecular weight is 238 g/mol. The molecule has 0 aliphatic rings. The maximum atomic E-state index is 11.8. The summed E-state index contributed by atoms with van der Waals surface area (Å²) in [5.41, 5.74) is 0.503. The number of ether oxygens (including phenoxy) is 1. The molecule has 0 aromatic heterocycles. The molecular formula is C15H26O2. The largest absolute Gasteiger partial charge is 0.460 e. The van der Waals surface area contributed by atoms with Gasteiger partial charge in [0, 0.05) is 0 Å². The molecule has 0 radical (unpaired) electrons. The Balaban J connectivity index is 0. The van der Waals surface area contributed by atoms with Gasteiger partial charge in [-0.2, -0.15) is 0 Å². The normalized spacial score (nSPS) is 11.5. The molecule has 0 heterocycles. The molecule has 0 saturated heterocycles. The molecule has 0 aliphatic heterocycles. The summed E-state index contributed by atoms with van der Waals surface area (Å²) in [4.78, 5) is 11.8. The van der Waals surface area contributed by atoms with Gasteiger partial charge >= 0.3 is 5.97 Å². The van der Waals surface area contributed by atoms with E-state index in [-0.39, 0.29) is 11.9 Å². The van der Waals surface area contributed by atoms with Gasteiger partial charge in [0.05, 0.1) is 5.41 Å². The average Bonchev–Trinajstić information content (AvgIpc) is 2.32. The minimum absolute atomic E-state index is 0.154. The number of carbonyl (C=O) groups excluding carboxylic acids is 1. The van der Waals surface area contributed by atoms with E-state index in [4.69, 9.17) is 4.74 Å². The van der Waals surface area contributed by atoms with E-state index in [9.17, 15) is 4.79 Å². The Kier molecular flexibility index (Phi) is 9.35. The third-order valence-corrected chi connectivity index (χ3v) is 2.97. The van der Waals surface area contributed by atoms with Crippen LogP contribution in [0.15, 0.2) is 37.5 Å². The second-order valence-corrected chi connectivity index (χ2v) is 4.52. The fourth-order valence-electron chi connectivity index (χ4n) is 0.831. The van der Waals surface area contributed by atoms with Gasteiger partial charge in [0.15, 0.2) is 0 Å². The van der Waals surface area contributed by atoms with Crippen LogP contribution in [0.3, 0.4) is 0 Å². The zero-order valence-electron chi connectivity index (χ0n) is 11.9. The van der Waals surface area contributed by atoms with Crippen molar-refractivity contribution in [2.45, 2.75) is 34.6 Å². The van der Waals surface area contributed by atoms with E-state index in [0.717, 1.165) is 5.57 Å². The van der Waals surface area contributed by atoms with Crippen LogP contribution in [0.2, 0.25) is 0 Å². The first-order valence-electron chi connectivity index (χ1n) is 5.81. The third-order valence-electron chi connectivity index (χ3n) is 2.97. The Labute approximate surface area is 106 Å². The first-order valence-corrected chi connectivity index (χ1v) is 5.81. The predicted octanol–water partition coefficient (Wildman–Crippen LogP) is 4.15. The van der Waals surface area contributed by atoms with Crippen molar-refractivity contribution >= 4 is 5.97 Å². The molecule has 0 aliphatic carbocycles. The highest BCUT2D eigenvalue weighted by Crippen LogP contribution is 2.27. The first-order chi connectivity index (χ1) is 7.86. The van der Waals surface area contributed by atoms with Crippen molar-refractivity contribution in [1.29, 1.82) is 0 Å². The quantitative estimate of drug-likeness (QED) is 0.408. The molecule has 0 N–H and O–H groups in total. The van der Waals surface area contributed by atoms with Gasteiger partial charge in [-0.15, -0.1) is 13.2 Å². The van der Waals surface area contributed by atoms with Crippen molar-refractivity contribution in [1.82, 2.24) is 0 Å². The highest BCUT2D eigenvalue weighted by molar-refractivity contribution is 5.76. The van der Waals surface area contributed by atoms with Crippen LogP contribution in [0.25, 0.3) is 0 Å². The van der Waals surface area contributed by atoms with E-state index in [2.05, 4.69) is 19.7 Å². The van der Waals surface area contributed by atoms with E-state index in [0.29, 0.717) is 6.61 Å². The fraction of sp³-hybridized carbons (Fsp3) is 0.533. The van der Waals surface area contributed by atoms with Crippen molar-refractivity contribution in [2.75, 3.05) is 6.61 Å². The van der Waals surface area contributed by atoms with E-state index in [1.165, 1.54) is 0 Å². The van der Waals surface area contributed by atoms with Gasteiger partial charge in [0.2, 0.25) is 0 Å². The Hall–Kier alpha value is -1.31. The van der Waals surface area contributed by atoms with Gasteiger partial charge < -0.3 is 4.74 Å². The van der Waals surface area contributed by atoms with Crippen LogP contribution in [-0.2, 0) is 9.53 Å². The van der Waals surface area contributed by atoms with Crippen LogP contribution < -0.4 is 0 Å². The lowest BCUT2D eigenvalue weighted by atomic mass is 9.81. The van der Waals surface area contributed by atoms with Gasteiger partial charge in [-0.3, -0.25) is 4.79 Å². The summed E-state index contributed by atoms with van der Waals surface area (Å²) in [5, 5.41) is 0. The van der Waals surface area contributed by atoms with Gasteiger partial charge in [-0.1, -0.05) is 32.6 Å². The zero-order chi connectivity index (χ0) is 14.1. The predicted molar refractivity (Wildman–Crippen MR) is 74.8 cm³/mol. The Morgan fingerprint density at radius 1 is 1.35 bits per heavy atom. The lowest BCUT2D eigenvalue weighted by Crippen LogP contribution is -2.32. The van der Waals surface area contributed by atoms with E-state index in [1.807, 2.05) is 40.7 Å². The Morgan fingerprint density at radius 2 is 1.82 bits per heavy atom. The molecule has 0 aromatic carbocycles. The van der Waals surface area contributed by atoms with Crippen molar-refractivity contribution in [3.8, 4) is 0 Å². The number of hydrogen-bond acceptors (Lipinski definition) is 2. The lowest BCUT2D eigenvalue weighted by Gasteiger charge is -2.26. The number of hydrogen-bond donors (Lipinski definition) is 0. The fourth-order valence-corrected chi connectivity index (χ4v) is 0.831. The molecule has 98 valence electrons. The summed E-state index contributed by atoms with van der Waals surface area (Å²) in [6, 6.07) is 0. The van der Waals surface area contributed by atoms with Gasteiger partial charge in [-0.05, 0) is 32.3 Å². The van der Waals surface area contributed by atoms with E-state index >= 15 is 0 Å². The smallest absolute Gasteiger partial charge is 0.312 e. The minimum Gasteiger partial charge on any atom is -0.460 e. The van der Waals surface area contributed by atoms with Crippen molar-refractivity contribution in [2.24, 2.45) is 11.3 Å². The zero-order valence-corrected chi connectivity index (χ0v) is 11.9. The van der Waals surface area contributed by atoms with Crippen LogP contribution in [0, 0.1) is 11.3 Å². The molecule has 2 heteroatoms. The number of rotatable bonds is 5. The van der Waals surface area contributed by atoms with Gasteiger partial charge in [-0.25, -0.2) is 0 Å². The summed E-state index contributed by atoms with van der Waals surface area (Å²) in [5.74, 6) is 0.112. The maximum Gasteiger partial charge on any atom is 0.312 e. The van der Waals surface area contributed by atoms with Crippen LogP contribution >= 0.6 is 0 Å². The molecule has 0 rings (SSSR count). The van der Waals surface area contributed by atoms with Gasteiger partial charge in [0.25, 0.3) is 0 Å². The molecule has 0 saturated carbocycles. The molecule has 0 aromatic rings. The van der Waals surface area contributed by atoms with Crippen LogP contribution in [0.4, 0.5) is 0 Å². The minimum atomic E-state index is -0.431. The third kappa shape index (κ3) is 6.10. The Morgan fingerprint density at radius 3 is 2.12 bits per heavy atom. The first kappa shape index (κ1) is 18.1. The molecule has 0 unspecified atom stereocenters. The van der Waals surface area contributed by atoms with Crippen molar-refractivity contribution < 1.29 is 9.53 Å². The lowest BCUT2D eigenvalue weighted by molar-refractivity contribution is -0.155. The van der Waals surface area contributed by atoms with Gasteiger partial charge in [0.1, 0.15) is 6.61 Å². The number of esters is 1. The van der Waals surface area contributed by atoms with Crippen LogP contribution in [0.5, 0.6) is 0 Å². The second-order valence-electron chi connectivity index (χ2n) is 4.52. The highest BCUT2D eigenvalue weighted by Gasteiger charge is 2.32. The monoisotopic (exact) mass is 238 g/mol. The molecule has 0 bridgehead atoms. The summed E-state index contributed by atoms with van der Waals surface area (Å²) in [7, 11) is 0. The van der Waals surface area contributed by atoms with E-state index < -0.39 is 5.41 Å². The molecule has 0 amide bonds. The molecule has 0 spiro atoms. The molecule has 17 heavy (non-hydrogen) atoms. The second kappa shape index (κ2) is 8.80. The maximum absolute atomic E-state index is 11.8. The Bertz CT molecular complexity index is 273. The van der Waals surface area contributed by atoms with E-state index in [1.54, 1.807) is 6.08 Å². The summed E-state index contributed by atoms with van der Waals surface area (Å²) < 4.78 is 5.23. The molecular weight excluding hydrogens is 212 g/mol. The van der Waals surface area contributed by atoms with Crippen molar-refractivity contribution in [3.63, 3.8) is 0 Å². The standard InChI is InChI=1S/C13H22O2.C2H4/c1-7-11(8-2)9-15-12(14)13(5,6)10(3)4;1-2/h7-8,10H,1,9H2,2-6H3;1-2H2/b11-8+;. The van der Waals surface area contributed by atoms with Crippen molar-refractivity contribution in [3.05, 3.63) is 37.5 Å². The SMILES string of the molecule is C=C.C=C/C(=C\C)COC(=O)C(C)(C)C(C)C. The molecule has 2 nitrogen and oxygen atoms in total.